The van der Waals surface area contributed by atoms with Crippen LogP contribution >= 0.6 is 0 Å². The van der Waals surface area contributed by atoms with Crippen LogP contribution < -0.4 is 5.32 Å². The Kier molecular flexibility index (Phi) is 5.58. The van der Waals surface area contributed by atoms with Crippen LogP contribution in [0.5, 0.6) is 0 Å². The van der Waals surface area contributed by atoms with Gasteiger partial charge < -0.3 is 19.9 Å². The lowest BCUT2D eigenvalue weighted by Gasteiger charge is -2.33. The Bertz CT molecular complexity index is 574. The lowest BCUT2D eigenvalue weighted by Crippen LogP contribution is -2.50. The minimum absolute atomic E-state index is 0.121. The van der Waals surface area contributed by atoms with Crippen LogP contribution in [0.3, 0.4) is 0 Å². The molecule has 1 aliphatic heterocycles. The number of nitrogens with one attached hydrogen (secondary N) is 1. The Hall–Kier alpha value is -2.38. The van der Waals surface area contributed by atoms with E-state index in [1.165, 1.54) is 0 Å². The second kappa shape index (κ2) is 7.46. The quantitative estimate of drug-likeness (QED) is 0.903. The number of rotatable bonds is 3. The zero-order valence-electron chi connectivity index (χ0n) is 14.7. The molecule has 8 heteroatoms. The molecule has 0 bridgehead atoms. The van der Waals surface area contributed by atoms with Crippen LogP contribution in [0.15, 0.2) is 12.1 Å². The van der Waals surface area contributed by atoms with E-state index in [2.05, 4.69) is 15.5 Å². The normalized spacial score (nSPS) is 15.2. The van der Waals surface area contributed by atoms with Crippen LogP contribution in [0.2, 0.25) is 0 Å². The average Bonchev–Trinajstić information content (AvgIpc) is 2.54. The minimum Gasteiger partial charge on any atom is -0.450 e. The van der Waals surface area contributed by atoms with E-state index in [0.717, 1.165) is 0 Å². The molecule has 1 aromatic rings. The Labute approximate surface area is 142 Å². The number of anilines is 1. The Morgan fingerprint density at radius 2 is 1.75 bits per heavy atom. The van der Waals surface area contributed by atoms with Crippen LogP contribution in [-0.4, -0.2) is 70.3 Å². The van der Waals surface area contributed by atoms with E-state index in [1.807, 2.05) is 20.8 Å². The fraction of sp³-hybridized carbons (Fsp3) is 0.625. The van der Waals surface area contributed by atoms with Gasteiger partial charge in [-0.05, 0) is 39.8 Å². The first-order chi connectivity index (χ1) is 11.3. The van der Waals surface area contributed by atoms with Gasteiger partial charge >= 0.3 is 6.09 Å². The molecule has 0 spiro atoms. The Morgan fingerprint density at radius 1 is 1.12 bits per heavy atom. The van der Waals surface area contributed by atoms with Gasteiger partial charge in [-0.25, -0.2) is 4.79 Å². The molecule has 1 fully saturated rings. The van der Waals surface area contributed by atoms with Gasteiger partial charge in [-0.15, -0.1) is 10.2 Å². The van der Waals surface area contributed by atoms with Crippen molar-refractivity contribution in [2.24, 2.45) is 0 Å². The second-order valence-corrected chi connectivity index (χ2v) is 6.66. The lowest BCUT2D eigenvalue weighted by molar-refractivity contribution is 0.0565. The van der Waals surface area contributed by atoms with Gasteiger partial charge in [-0.3, -0.25) is 4.79 Å². The number of piperazine rings is 1. The number of aromatic nitrogens is 2. The van der Waals surface area contributed by atoms with E-state index < -0.39 is 0 Å². The first-order valence-electron chi connectivity index (χ1n) is 8.13. The van der Waals surface area contributed by atoms with Crippen LogP contribution in [0, 0.1) is 0 Å². The standard InChI is InChI=1S/C16H25N5O3/c1-5-24-15(23)21-10-8-20(9-11-21)14(22)12-6-7-13(19-18-12)17-16(2,3)4/h6-7H,5,8-11H2,1-4H3,(H,17,19). The number of carbonyl (C=O) groups is 2. The first-order valence-corrected chi connectivity index (χ1v) is 8.13. The van der Waals surface area contributed by atoms with Crippen molar-refractivity contribution < 1.29 is 14.3 Å². The van der Waals surface area contributed by atoms with Crippen LogP contribution in [0.4, 0.5) is 10.6 Å². The van der Waals surface area contributed by atoms with E-state index in [0.29, 0.717) is 44.3 Å². The maximum absolute atomic E-state index is 12.5. The maximum Gasteiger partial charge on any atom is 0.409 e. The molecular formula is C16H25N5O3. The van der Waals surface area contributed by atoms with E-state index in [1.54, 1.807) is 28.9 Å². The van der Waals surface area contributed by atoms with Crippen molar-refractivity contribution in [1.29, 1.82) is 0 Å². The zero-order chi connectivity index (χ0) is 17.7. The molecule has 132 valence electrons. The van der Waals surface area contributed by atoms with E-state index in [9.17, 15) is 9.59 Å². The smallest absolute Gasteiger partial charge is 0.409 e. The topological polar surface area (TPSA) is 87.7 Å². The molecule has 0 saturated carbocycles. The molecule has 1 N–H and O–H groups in total. The predicted octanol–water partition coefficient (Wildman–Crippen LogP) is 1.60. The summed E-state index contributed by atoms with van der Waals surface area (Å²) in [6.07, 6.45) is -0.331. The van der Waals surface area contributed by atoms with Crippen molar-refractivity contribution in [1.82, 2.24) is 20.0 Å². The zero-order valence-corrected chi connectivity index (χ0v) is 14.7. The fourth-order valence-electron chi connectivity index (χ4n) is 2.37. The number of hydrogen-bond donors (Lipinski definition) is 1. The molecule has 24 heavy (non-hydrogen) atoms. The van der Waals surface area contributed by atoms with E-state index in [4.69, 9.17) is 4.74 Å². The Balaban J connectivity index is 1.92. The molecule has 2 heterocycles. The largest absolute Gasteiger partial charge is 0.450 e. The minimum atomic E-state index is -0.331. The lowest BCUT2D eigenvalue weighted by atomic mass is 10.1. The molecule has 2 rings (SSSR count). The second-order valence-electron chi connectivity index (χ2n) is 6.66. The molecule has 1 aliphatic rings. The number of hydrogen-bond acceptors (Lipinski definition) is 6. The summed E-state index contributed by atoms with van der Waals surface area (Å²) in [5.41, 5.74) is 0.183. The van der Waals surface area contributed by atoms with Crippen LogP contribution in [0.25, 0.3) is 0 Å². The van der Waals surface area contributed by atoms with Gasteiger partial charge in [0.2, 0.25) is 0 Å². The van der Waals surface area contributed by atoms with Crippen molar-refractivity contribution >= 4 is 17.8 Å². The number of nitrogens with zero attached hydrogens (tertiary/aromatic N) is 4. The summed E-state index contributed by atoms with van der Waals surface area (Å²) in [6.45, 7) is 10.0. The third-order valence-electron chi connectivity index (χ3n) is 3.48. The van der Waals surface area contributed by atoms with Crippen molar-refractivity contribution in [3.63, 3.8) is 0 Å². The number of ether oxygens (including phenoxy) is 1. The molecule has 0 unspecified atom stereocenters. The highest BCUT2D eigenvalue weighted by Crippen LogP contribution is 2.12. The monoisotopic (exact) mass is 335 g/mol. The molecule has 0 atom stereocenters. The Morgan fingerprint density at radius 3 is 2.25 bits per heavy atom. The summed E-state index contributed by atoms with van der Waals surface area (Å²) in [5.74, 6) is 0.458. The van der Waals surface area contributed by atoms with E-state index >= 15 is 0 Å². The van der Waals surface area contributed by atoms with Crippen molar-refractivity contribution in [3.8, 4) is 0 Å². The molecule has 0 aliphatic carbocycles. The molecule has 0 radical (unpaired) electrons. The summed E-state index contributed by atoms with van der Waals surface area (Å²) in [4.78, 5) is 27.4. The summed E-state index contributed by atoms with van der Waals surface area (Å²) < 4.78 is 4.97. The predicted molar refractivity (Wildman–Crippen MR) is 89.9 cm³/mol. The molecular weight excluding hydrogens is 310 g/mol. The van der Waals surface area contributed by atoms with Crippen molar-refractivity contribution in [2.45, 2.75) is 33.2 Å². The molecule has 2 amide bonds. The van der Waals surface area contributed by atoms with Gasteiger partial charge in [-0.1, -0.05) is 0 Å². The highest BCUT2D eigenvalue weighted by Gasteiger charge is 2.26. The third kappa shape index (κ3) is 4.81. The van der Waals surface area contributed by atoms with Gasteiger partial charge in [-0.2, -0.15) is 0 Å². The fourth-order valence-corrected chi connectivity index (χ4v) is 2.37. The van der Waals surface area contributed by atoms with Crippen molar-refractivity contribution in [3.05, 3.63) is 17.8 Å². The highest BCUT2D eigenvalue weighted by atomic mass is 16.6. The summed E-state index contributed by atoms with van der Waals surface area (Å²) in [7, 11) is 0. The molecule has 0 aromatic carbocycles. The number of amides is 2. The third-order valence-corrected chi connectivity index (χ3v) is 3.48. The van der Waals surface area contributed by atoms with Gasteiger partial charge in [0.25, 0.3) is 5.91 Å². The molecule has 1 aromatic heterocycles. The number of carbonyl (C=O) groups excluding carboxylic acids is 2. The van der Waals surface area contributed by atoms with Gasteiger partial charge in [0, 0.05) is 31.7 Å². The summed E-state index contributed by atoms with van der Waals surface area (Å²) in [6, 6.07) is 3.42. The molecule has 1 saturated heterocycles. The SMILES string of the molecule is CCOC(=O)N1CCN(C(=O)c2ccc(NC(C)(C)C)nn2)CC1. The summed E-state index contributed by atoms with van der Waals surface area (Å²) >= 11 is 0. The van der Waals surface area contributed by atoms with Crippen LogP contribution in [0.1, 0.15) is 38.2 Å². The first kappa shape index (κ1) is 18.0. The van der Waals surface area contributed by atoms with Crippen molar-refractivity contribution in [2.75, 3.05) is 38.1 Å². The van der Waals surface area contributed by atoms with Gasteiger partial charge in [0.05, 0.1) is 6.61 Å². The van der Waals surface area contributed by atoms with Crippen LogP contribution in [-0.2, 0) is 4.74 Å². The van der Waals surface area contributed by atoms with E-state index in [-0.39, 0.29) is 17.5 Å². The maximum atomic E-state index is 12.5. The summed E-state index contributed by atoms with van der Waals surface area (Å²) in [5, 5.41) is 11.3. The average molecular weight is 335 g/mol. The highest BCUT2D eigenvalue weighted by molar-refractivity contribution is 5.92. The molecule has 8 nitrogen and oxygen atoms in total. The van der Waals surface area contributed by atoms with Gasteiger partial charge in [0.1, 0.15) is 5.82 Å². The van der Waals surface area contributed by atoms with Gasteiger partial charge in [0.15, 0.2) is 5.69 Å².